The number of ether oxygens (including phenoxy) is 2. The fraction of sp³-hybridized carbons (Fsp3) is 0.0800. The first-order valence-corrected chi connectivity index (χ1v) is 8.44. The summed E-state index contributed by atoms with van der Waals surface area (Å²) < 4.78 is 10.3. The van der Waals surface area contributed by atoms with Crippen LogP contribution < -0.4 is 9.47 Å². The first-order chi connectivity index (χ1) is 13.3. The quantitative estimate of drug-likeness (QED) is 0.578. The Labute approximate surface area is 160 Å². The molecule has 2 heteroatoms. The van der Waals surface area contributed by atoms with Crippen molar-refractivity contribution >= 4 is 0 Å². The van der Waals surface area contributed by atoms with Crippen molar-refractivity contribution in [1.29, 1.82) is 0 Å². The van der Waals surface area contributed by atoms with E-state index in [-0.39, 0.29) is 0 Å². The van der Waals surface area contributed by atoms with Gasteiger partial charge in [0.1, 0.15) is 11.5 Å². The Bertz CT molecular complexity index is 1050. The minimum absolute atomic E-state index is 0.809. The van der Waals surface area contributed by atoms with Crippen LogP contribution in [0.5, 0.6) is 11.5 Å². The van der Waals surface area contributed by atoms with Crippen molar-refractivity contribution in [3.05, 3.63) is 101 Å². The van der Waals surface area contributed by atoms with Crippen LogP contribution in [0.1, 0.15) is 11.1 Å². The summed E-state index contributed by atoms with van der Waals surface area (Å²) in [7, 11) is 3.30. The Morgan fingerprint density at radius 3 is 1.78 bits per heavy atom. The molecule has 2 nitrogen and oxygen atoms in total. The summed E-state index contributed by atoms with van der Waals surface area (Å²) in [4.78, 5) is 0. The van der Waals surface area contributed by atoms with E-state index >= 15 is 0 Å². The first kappa shape index (κ1) is 18.0. The zero-order valence-electron chi connectivity index (χ0n) is 15.2. The van der Waals surface area contributed by atoms with Gasteiger partial charge in [-0.15, -0.1) is 5.73 Å². The fourth-order valence-corrected chi connectivity index (χ4v) is 2.29. The second-order valence-corrected chi connectivity index (χ2v) is 5.64. The van der Waals surface area contributed by atoms with Crippen molar-refractivity contribution in [3.63, 3.8) is 0 Å². The zero-order valence-corrected chi connectivity index (χ0v) is 15.2. The third-order valence-electron chi connectivity index (χ3n) is 3.80. The number of hydrogen-bond acceptors (Lipinski definition) is 2. The molecule has 1 aliphatic carbocycles. The Morgan fingerprint density at radius 2 is 1.22 bits per heavy atom. The summed E-state index contributed by atoms with van der Waals surface area (Å²) in [5, 5.41) is 0. The van der Waals surface area contributed by atoms with Crippen LogP contribution in [-0.2, 0) is 0 Å². The maximum atomic E-state index is 5.15. The van der Waals surface area contributed by atoms with Crippen LogP contribution in [0.3, 0.4) is 0 Å². The lowest BCUT2D eigenvalue weighted by Crippen LogP contribution is -1.82. The van der Waals surface area contributed by atoms with E-state index in [0.717, 1.165) is 33.8 Å². The highest BCUT2D eigenvalue weighted by Gasteiger charge is 1.94. The number of benzene rings is 2. The lowest BCUT2D eigenvalue weighted by atomic mass is 10.1. The predicted octanol–water partition coefficient (Wildman–Crippen LogP) is 4.68. The lowest BCUT2D eigenvalue weighted by molar-refractivity contribution is 0.414. The summed E-state index contributed by atoms with van der Waals surface area (Å²) in [5.74, 6) is 14.2. The van der Waals surface area contributed by atoms with E-state index in [0.29, 0.717) is 0 Å². The molecule has 3 rings (SSSR count). The van der Waals surface area contributed by atoms with Crippen LogP contribution in [0.25, 0.3) is 0 Å². The Hall–Kier alpha value is -3.84. The summed E-state index contributed by atoms with van der Waals surface area (Å²) >= 11 is 0. The van der Waals surface area contributed by atoms with E-state index in [1.54, 1.807) is 14.2 Å². The molecule has 130 valence electrons. The molecule has 0 unspecified atom stereocenters. The summed E-state index contributed by atoms with van der Waals surface area (Å²) in [5.41, 5.74) is 6.74. The van der Waals surface area contributed by atoms with Gasteiger partial charge in [-0.3, -0.25) is 0 Å². The largest absolute Gasteiger partial charge is 0.497 e. The van der Waals surface area contributed by atoms with Crippen LogP contribution in [0.2, 0.25) is 0 Å². The average Bonchev–Trinajstić information content (AvgIpc) is 2.96. The van der Waals surface area contributed by atoms with E-state index < -0.39 is 0 Å². The predicted molar refractivity (Wildman–Crippen MR) is 109 cm³/mol. The van der Waals surface area contributed by atoms with Gasteiger partial charge >= 0.3 is 0 Å². The van der Waals surface area contributed by atoms with E-state index in [4.69, 9.17) is 9.47 Å². The van der Waals surface area contributed by atoms with Gasteiger partial charge in [0.25, 0.3) is 0 Å². The molecule has 0 aliphatic heterocycles. The van der Waals surface area contributed by atoms with Crippen LogP contribution in [0.15, 0.2) is 89.7 Å². The van der Waals surface area contributed by atoms with Crippen molar-refractivity contribution in [2.24, 2.45) is 0 Å². The minimum atomic E-state index is 0.809. The van der Waals surface area contributed by atoms with Crippen LogP contribution in [0, 0.1) is 23.7 Å². The number of methoxy groups -OCH3 is 2. The Morgan fingerprint density at radius 1 is 0.667 bits per heavy atom. The molecule has 0 atom stereocenters. The highest BCUT2D eigenvalue weighted by Crippen LogP contribution is 2.12. The zero-order chi connectivity index (χ0) is 18.9. The standard InChI is InChI=1S/C25H18O2/c1-26-24-16-12-22(13-17-24)10-8-20-4-3-5-21(7-6-20)9-11-23-14-18-25(27-2)19-15-23/h3-4,6-7,12-19H,1-2H3. The van der Waals surface area contributed by atoms with E-state index in [2.05, 4.69) is 29.4 Å². The van der Waals surface area contributed by atoms with Gasteiger partial charge in [0, 0.05) is 16.7 Å². The second kappa shape index (κ2) is 9.02. The molecule has 0 aromatic heterocycles. The molecule has 0 saturated heterocycles. The van der Waals surface area contributed by atoms with Crippen molar-refractivity contribution in [1.82, 2.24) is 0 Å². The summed E-state index contributed by atoms with van der Waals surface area (Å²) in [6, 6.07) is 15.3. The maximum Gasteiger partial charge on any atom is 0.118 e. The van der Waals surface area contributed by atoms with E-state index in [9.17, 15) is 0 Å². The minimum Gasteiger partial charge on any atom is -0.497 e. The fourth-order valence-electron chi connectivity index (χ4n) is 2.29. The molecule has 0 spiro atoms. The molecule has 27 heavy (non-hydrogen) atoms. The van der Waals surface area contributed by atoms with Gasteiger partial charge in [-0.05, 0) is 72.8 Å². The average molecular weight is 350 g/mol. The first-order valence-electron chi connectivity index (χ1n) is 8.44. The second-order valence-electron chi connectivity index (χ2n) is 5.64. The molecule has 0 fully saturated rings. The van der Waals surface area contributed by atoms with Gasteiger partial charge < -0.3 is 9.47 Å². The van der Waals surface area contributed by atoms with Gasteiger partial charge in [-0.1, -0.05) is 23.7 Å². The van der Waals surface area contributed by atoms with Crippen LogP contribution in [-0.4, -0.2) is 14.2 Å². The Kier molecular flexibility index (Phi) is 6.00. The molecule has 0 amide bonds. The molecule has 0 N–H and O–H groups in total. The third kappa shape index (κ3) is 5.32. The highest BCUT2D eigenvalue weighted by atomic mass is 16.5. The normalized spacial score (nSPS) is 11.8. The van der Waals surface area contributed by atoms with Crippen LogP contribution in [0.4, 0.5) is 0 Å². The van der Waals surface area contributed by atoms with Crippen molar-refractivity contribution in [3.8, 4) is 35.2 Å². The van der Waals surface area contributed by atoms with Gasteiger partial charge in [-0.2, -0.15) is 0 Å². The van der Waals surface area contributed by atoms with Gasteiger partial charge in [0.05, 0.1) is 19.8 Å². The molecular formula is C25H18O2. The number of hydrogen-bond donors (Lipinski definition) is 0. The summed E-state index contributed by atoms with van der Waals surface area (Å²) in [6.07, 6.45) is 7.64. The molecule has 2 aromatic rings. The molecule has 0 saturated carbocycles. The molecule has 1 aliphatic rings. The maximum absolute atomic E-state index is 5.15. The molecule has 2 aromatic carbocycles. The SMILES string of the molecule is COc1ccc(C#CC2=C=CC=C(C#Cc3ccc(OC)cc3)C=C2)cc1. The highest BCUT2D eigenvalue weighted by molar-refractivity contribution is 5.53. The molecule has 0 radical (unpaired) electrons. The van der Waals surface area contributed by atoms with Gasteiger partial charge in [-0.25, -0.2) is 0 Å². The number of allylic oxidation sites excluding steroid dienone is 5. The van der Waals surface area contributed by atoms with Crippen molar-refractivity contribution in [2.45, 2.75) is 0 Å². The lowest BCUT2D eigenvalue weighted by Gasteiger charge is -1.97. The number of rotatable bonds is 2. The van der Waals surface area contributed by atoms with E-state index in [1.807, 2.05) is 72.8 Å². The molecule has 0 heterocycles. The smallest absolute Gasteiger partial charge is 0.118 e. The van der Waals surface area contributed by atoms with E-state index in [1.165, 1.54) is 0 Å². The monoisotopic (exact) mass is 350 g/mol. The third-order valence-corrected chi connectivity index (χ3v) is 3.80. The summed E-state index contributed by atoms with van der Waals surface area (Å²) in [6.45, 7) is 0. The van der Waals surface area contributed by atoms with Crippen LogP contribution >= 0.6 is 0 Å². The van der Waals surface area contributed by atoms with Gasteiger partial charge in [0.2, 0.25) is 0 Å². The molecular weight excluding hydrogens is 332 g/mol. The van der Waals surface area contributed by atoms with Crippen molar-refractivity contribution < 1.29 is 9.47 Å². The molecule has 0 bridgehead atoms. The van der Waals surface area contributed by atoms with Crippen molar-refractivity contribution in [2.75, 3.05) is 14.2 Å². The Balaban J connectivity index is 1.68. The van der Waals surface area contributed by atoms with Gasteiger partial charge in [0.15, 0.2) is 0 Å². The topological polar surface area (TPSA) is 18.5 Å².